The van der Waals surface area contributed by atoms with Crippen molar-refractivity contribution in [3.8, 4) is 0 Å². The fourth-order valence-corrected chi connectivity index (χ4v) is 2.08. The molecule has 0 rings (SSSR count). The van der Waals surface area contributed by atoms with Gasteiger partial charge in [0.1, 0.15) is 20.2 Å². The highest BCUT2D eigenvalue weighted by Crippen LogP contribution is 2.10. The highest BCUT2D eigenvalue weighted by molar-refractivity contribution is 5.51. The second-order valence-electron chi connectivity index (χ2n) is 5.03. The minimum Gasteiger partial charge on any atom is -1.00 e. The van der Waals surface area contributed by atoms with E-state index in [2.05, 4.69) is 11.5 Å². The van der Waals surface area contributed by atoms with Crippen LogP contribution in [0.2, 0.25) is 0 Å². The van der Waals surface area contributed by atoms with Crippen molar-refractivity contribution in [2.24, 2.45) is 0 Å². The van der Waals surface area contributed by atoms with Crippen LogP contribution in [0.4, 0.5) is 0 Å². The summed E-state index contributed by atoms with van der Waals surface area (Å²) in [7, 11) is 2.03. The van der Waals surface area contributed by atoms with E-state index in [-0.39, 0.29) is 19.0 Å². The Morgan fingerprint density at radius 1 is 0.833 bits per heavy atom. The molecule has 0 aromatic rings. The summed E-state index contributed by atoms with van der Waals surface area (Å²) in [4.78, 5) is 0. The summed E-state index contributed by atoms with van der Waals surface area (Å²) in [6, 6.07) is 0. The number of unbranched alkanes of at least 4 members (excludes halogenated alkanes) is 9. The van der Waals surface area contributed by atoms with Crippen LogP contribution in [0.15, 0.2) is 0 Å². The number of hydrogen-bond acceptors (Lipinski definition) is 1. The number of nitrogens with zero attached hydrogens (tertiary/aromatic N) is 1. The first-order valence-corrected chi connectivity index (χ1v) is 7.45. The minimum absolute atomic E-state index is 0. The third-order valence-corrected chi connectivity index (χ3v) is 3.26. The van der Waals surface area contributed by atoms with Crippen molar-refractivity contribution in [3.63, 3.8) is 0 Å². The lowest BCUT2D eigenvalue weighted by molar-refractivity contribution is -0.494. The average Bonchev–Trinajstić information content (AvgIpc) is 2.32. The molecule has 0 amide bonds. The summed E-state index contributed by atoms with van der Waals surface area (Å²) in [6.45, 7) is 3.51. The van der Waals surface area contributed by atoms with Crippen LogP contribution in [-0.4, -0.2) is 36.1 Å². The Labute approximate surface area is 120 Å². The summed E-state index contributed by atoms with van der Waals surface area (Å²) in [5.74, 6) is 0. The van der Waals surface area contributed by atoms with Crippen molar-refractivity contribution in [1.29, 1.82) is 0 Å². The quantitative estimate of drug-likeness (QED) is 0.315. The van der Waals surface area contributed by atoms with Crippen LogP contribution in [0.25, 0.3) is 0 Å². The summed E-state index contributed by atoms with van der Waals surface area (Å²) >= 11 is 0. The van der Waals surface area contributed by atoms with Gasteiger partial charge in [0.25, 0.3) is 0 Å². The molecular formula is C15H32ClNO. The maximum Gasteiger partial charge on any atom is 0.165 e. The first kappa shape index (κ1) is 20.2. The second kappa shape index (κ2) is 16.9. The molecule has 1 N–H and O–H groups in total. The molecule has 0 fully saturated rings. The Bertz CT molecular complexity index is 183. The molecule has 0 aliphatic carbocycles. The van der Waals surface area contributed by atoms with E-state index < -0.39 is 0 Å². The molecule has 0 unspecified atom stereocenters. The summed E-state index contributed by atoms with van der Waals surface area (Å²) in [5, 5.41) is 8.70. The normalized spacial score (nSPS) is 11.4. The van der Waals surface area contributed by atoms with Crippen LogP contribution in [0.3, 0.4) is 0 Å². The van der Waals surface area contributed by atoms with Gasteiger partial charge in [-0.1, -0.05) is 58.3 Å². The molecular weight excluding hydrogens is 246 g/mol. The fraction of sp³-hybridized carbons (Fsp3) is 0.933. The SMILES string of the molecule is CCCCCCCCCCCC[N+](C)=CCO.[Cl-]. The van der Waals surface area contributed by atoms with Gasteiger partial charge in [-0.2, -0.15) is 0 Å². The van der Waals surface area contributed by atoms with E-state index in [1.54, 1.807) is 0 Å². The first-order valence-electron chi connectivity index (χ1n) is 7.45. The van der Waals surface area contributed by atoms with Gasteiger partial charge >= 0.3 is 0 Å². The third-order valence-electron chi connectivity index (χ3n) is 3.26. The van der Waals surface area contributed by atoms with Gasteiger partial charge in [-0.05, 0) is 6.42 Å². The van der Waals surface area contributed by atoms with Gasteiger partial charge in [0.15, 0.2) is 6.21 Å². The van der Waals surface area contributed by atoms with Gasteiger partial charge in [-0.25, -0.2) is 4.58 Å². The number of aliphatic hydroxyl groups excluding tert-OH is 1. The number of rotatable bonds is 12. The van der Waals surface area contributed by atoms with E-state index in [1.165, 1.54) is 64.2 Å². The van der Waals surface area contributed by atoms with Gasteiger partial charge in [-0.3, -0.25) is 0 Å². The smallest absolute Gasteiger partial charge is 0.165 e. The Hall–Kier alpha value is -0.0800. The van der Waals surface area contributed by atoms with E-state index in [1.807, 2.05) is 13.3 Å². The van der Waals surface area contributed by atoms with Crippen molar-refractivity contribution in [2.45, 2.75) is 71.1 Å². The zero-order valence-corrected chi connectivity index (χ0v) is 13.1. The Balaban J connectivity index is 0. The molecule has 0 heterocycles. The number of hydrogen-bond donors (Lipinski definition) is 1. The molecule has 0 saturated carbocycles. The van der Waals surface area contributed by atoms with Gasteiger partial charge < -0.3 is 17.5 Å². The Morgan fingerprint density at radius 3 is 1.72 bits per heavy atom. The summed E-state index contributed by atoms with van der Waals surface area (Å²) < 4.78 is 2.09. The van der Waals surface area contributed by atoms with Gasteiger partial charge in [0, 0.05) is 6.42 Å². The predicted octanol–water partition coefficient (Wildman–Crippen LogP) is 0.617. The van der Waals surface area contributed by atoms with Crippen LogP contribution < -0.4 is 12.4 Å². The van der Waals surface area contributed by atoms with E-state index in [0.29, 0.717) is 0 Å². The Morgan fingerprint density at radius 2 is 1.28 bits per heavy atom. The molecule has 0 aromatic heterocycles. The highest BCUT2D eigenvalue weighted by Gasteiger charge is 1.96. The average molecular weight is 278 g/mol. The molecule has 110 valence electrons. The largest absolute Gasteiger partial charge is 1.00 e. The first-order chi connectivity index (χ1) is 8.31. The standard InChI is InChI=1S/C15H32NO.ClH/c1-3-4-5-6-7-8-9-10-11-12-13-16(2)14-15-17;/h14,17H,3-13,15H2,1-2H3;1H/q+1;/p-1. The van der Waals surface area contributed by atoms with Crippen molar-refractivity contribution < 1.29 is 22.1 Å². The molecule has 0 aliphatic rings. The predicted molar refractivity (Wildman–Crippen MR) is 76.0 cm³/mol. The molecule has 0 spiro atoms. The lowest BCUT2D eigenvalue weighted by Crippen LogP contribution is -3.00. The monoisotopic (exact) mass is 277 g/mol. The van der Waals surface area contributed by atoms with Crippen molar-refractivity contribution in [3.05, 3.63) is 0 Å². The summed E-state index contributed by atoms with van der Waals surface area (Å²) in [6.07, 6.45) is 15.7. The number of halogens is 1. The second-order valence-corrected chi connectivity index (χ2v) is 5.03. The topological polar surface area (TPSA) is 23.2 Å². The minimum atomic E-state index is 0. The molecule has 2 nitrogen and oxygen atoms in total. The molecule has 0 aromatic carbocycles. The molecule has 18 heavy (non-hydrogen) atoms. The zero-order chi connectivity index (χ0) is 12.8. The van der Waals surface area contributed by atoms with Crippen LogP contribution in [0, 0.1) is 0 Å². The van der Waals surface area contributed by atoms with Crippen LogP contribution in [0.5, 0.6) is 0 Å². The fourth-order valence-electron chi connectivity index (χ4n) is 2.08. The van der Waals surface area contributed by atoms with Crippen molar-refractivity contribution >= 4 is 6.21 Å². The van der Waals surface area contributed by atoms with Crippen molar-refractivity contribution in [2.75, 3.05) is 20.2 Å². The van der Waals surface area contributed by atoms with Crippen molar-refractivity contribution in [1.82, 2.24) is 0 Å². The molecule has 0 saturated heterocycles. The van der Waals surface area contributed by atoms with Gasteiger partial charge in [-0.15, -0.1) is 0 Å². The molecule has 0 atom stereocenters. The van der Waals surface area contributed by atoms with E-state index in [0.717, 1.165) is 6.54 Å². The van der Waals surface area contributed by atoms with Crippen LogP contribution in [0.1, 0.15) is 71.1 Å². The van der Waals surface area contributed by atoms with Gasteiger partial charge in [0.05, 0.1) is 0 Å². The van der Waals surface area contributed by atoms with E-state index in [4.69, 9.17) is 5.11 Å². The maximum atomic E-state index is 8.70. The lowest BCUT2D eigenvalue weighted by Gasteiger charge is -2.01. The summed E-state index contributed by atoms with van der Waals surface area (Å²) in [5.41, 5.74) is 0. The van der Waals surface area contributed by atoms with Crippen LogP contribution in [-0.2, 0) is 0 Å². The van der Waals surface area contributed by atoms with Gasteiger partial charge in [0.2, 0.25) is 0 Å². The highest BCUT2D eigenvalue weighted by atomic mass is 35.5. The zero-order valence-electron chi connectivity index (χ0n) is 12.3. The number of aliphatic hydroxyl groups is 1. The lowest BCUT2D eigenvalue weighted by atomic mass is 10.1. The Kier molecular flexibility index (Phi) is 19.0. The maximum absolute atomic E-state index is 8.70. The molecule has 0 radical (unpaired) electrons. The van der Waals surface area contributed by atoms with Crippen LogP contribution >= 0.6 is 0 Å². The third kappa shape index (κ3) is 15.9. The molecule has 0 aliphatic heterocycles. The van der Waals surface area contributed by atoms with E-state index in [9.17, 15) is 0 Å². The van der Waals surface area contributed by atoms with E-state index >= 15 is 0 Å². The molecule has 0 bridgehead atoms. The molecule has 3 heteroatoms.